The molecule has 0 spiro atoms. The molecule has 4 heterocycles. The van der Waals surface area contributed by atoms with Gasteiger partial charge in [0.25, 0.3) is 0 Å². The number of nitrogens with zero attached hydrogens (tertiary/aromatic N) is 6. The van der Waals surface area contributed by atoms with Gasteiger partial charge in [0.15, 0.2) is 6.20 Å². The molecule has 0 saturated carbocycles. The molecule has 6 aromatic rings. The van der Waals surface area contributed by atoms with Gasteiger partial charge in [-0.25, -0.2) is 4.98 Å². The number of para-hydroxylation sites is 1. The molecular formula is C29H18N6OPt+2. The third kappa shape index (κ3) is 3.86. The van der Waals surface area contributed by atoms with E-state index in [0.717, 1.165) is 39.1 Å². The summed E-state index contributed by atoms with van der Waals surface area (Å²) in [6.45, 7) is 0. The fourth-order valence-corrected chi connectivity index (χ4v) is 4.56. The molecule has 37 heavy (non-hydrogen) atoms. The molecule has 7 nitrogen and oxygen atoms in total. The van der Waals surface area contributed by atoms with Crippen LogP contribution in [0.5, 0.6) is 11.5 Å². The zero-order valence-corrected chi connectivity index (χ0v) is 21.8. The molecule has 1 aliphatic heterocycles. The molecule has 1 aliphatic rings. The summed E-state index contributed by atoms with van der Waals surface area (Å²) in [5, 5.41) is 2.18. The molecule has 8 heteroatoms. The molecule has 7 rings (SSSR count). The Kier molecular flexibility index (Phi) is 5.72. The number of hydrogen-bond acceptors (Lipinski definition) is 4. The summed E-state index contributed by atoms with van der Waals surface area (Å²) in [5.41, 5.74) is 2.85. The second-order valence-electron chi connectivity index (χ2n) is 8.34. The Morgan fingerprint density at radius 3 is 2.51 bits per heavy atom. The van der Waals surface area contributed by atoms with E-state index in [1.165, 1.54) is 0 Å². The van der Waals surface area contributed by atoms with Crippen molar-refractivity contribution in [3.05, 3.63) is 104 Å². The zero-order chi connectivity index (χ0) is 24.1. The van der Waals surface area contributed by atoms with Gasteiger partial charge < -0.3 is 9.30 Å². The second kappa shape index (κ2) is 9.21. The van der Waals surface area contributed by atoms with Crippen molar-refractivity contribution in [1.82, 2.24) is 24.1 Å². The van der Waals surface area contributed by atoms with Gasteiger partial charge in [0.05, 0.1) is 11.9 Å². The van der Waals surface area contributed by atoms with E-state index < -0.39 is 0 Å². The van der Waals surface area contributed by atoms with Crippen molar-refractivity contribution < 1.29 is 30.4 Å². The molecule has 0 atom stereocenters. The van der Waals surface area contributed by atoms with Gasteiger partial charge in [-0.3, -0.25) is 0 Å². The van der Waals surface area contributed by atoms with Gasteiger partial charge in [0.2, 0.25) is 0 Å². The quantitative estimate of drug-likeness (QED) is 0.181. The first-order valence-electron chi connectivity index (χ1n) is 11.4. The van der Waals surface area contributed by atoms with E-state index in [0.29, 0.717) is 17.3 Å². The maximum absolute atomic E-state index is 6.23. The minimum atomic E-state index is 0. The van der Waals surface area contributed by atoms with Crippen LogP contribution in [-0.4, -0.2) is 37.2 Å². The monoisotopic (exact) mass is 661 g/mol. The van der Waals surface area contributed by atoms with E-state index >= 15 is 0 Å². The molecule has 0 fully saturated rings. The zero-order valence-electron chi connectivity index (χ0n) is 19.6. The van der Waals surface area contributed by atoms with Crippen LogP contribution >= 0.6 is 0 Å². The Balaban J connectivity index is 0.00000252. The minimum Gasteiger partial charge on any atom is -0.509 e. The molecule has 0 radical (unpaired) electrons. The standard InChI is InChI=1S/C29H18N6O.Pt/c1-33-19-34(29-28(33)31-15-16-32-29)20-7-6-8-21(17-20)36-22-12-13-26-24(18-22)23-9-2-3-10-25(23)35(26)27-11-4-5-14-30-27;/h2-11,13-16,18H,1H3;/q;+2. The van der Waals surface area contributed by atoms with Crippen molar-refractivity contribution in [3.63, 3.8) is 0 Å². The fraction of sp³-hybridized carbons (Fsp3) is 0.0345. The number of benzene rings is 3. The maximum Gasteiger partial charge on any atom is 2.00 e. The molecule has 0 bridgehead atoms. The van der Waals surface area contributed by atoms with Crippen LogP contribution in [0.15, 0.2) is 91.4 Å². The average molecular weight is 662 g/mol. The van der Waals surface area contributed by atoms with Gasteiger partial charge in [0.1, 0.15) is 12.9 Å². The van der Waals surface area contributed by atoms with Crippen LogP contribution in [0.3, 0.4) is 0 Å². The van der Waals surface area contributed by atoms with Crippen LogP contribution in [0.2, 0.25) is 0 Å². The van der Waals surface area contributed by atoms with Crippen molar-refractivity contribution in [2.75, 3.05) is 7.05 Å². The molecule has 0 N–H and O–H groups in total. The molecule has 3 aromatic carbocycles. The Hall–Kier alpha value is -4.44. The minimum absolute atomic E-state index is 0. The SMILES string of the molecule is C[N+]1=C=[N+](c2[c-]c(Oc3[c-]cc4c(c3)c3ccccc3n4-c3ccccn3)ccc2)c2nccnc21.[Pt+2]. The van der Waals surface area contributed by atoms with E-state index in [9.17, 15) is 0 Å². The Morgan fingerprint density at radius 1 is 0.811 bits per heavy atom. The topological polar surface area (TPSA) is 58.9 Å². The van der Waals surface area contributed by atoms with Crippen LogP contribution in [0.25, 0.3) is 27.6 Å². The van der Waals surface area contributed by atoms with E-state index in [-0.39, 0.29) is 21.1 Å². The molecule has 0 unspecified atom stereocenters. The van der Waals surface area contributed by atoms with Crippen molar-refractivity contribution in [2.45, 2.75) is 0 Å². The van der Waals surface area contributed by atoms with E-state index in [4.69, 9.17) is 4.74 Å². The summed E-state index contributed by atoms with van der Waals surface area (Å²) >= 11 is 0. The first-order valence-corrected chi connectivity index (χ1v) is 11.4. The third-order valence-electron chi connectivity index (χ3n) is 6.11. The van der Waals surface area contributed by atoms with Gasteiger partial charge in [-0.2, -0.15) is 11.1 Å². The van der Waals surface area contributed by atoms with Crippen LogP contribution in [0.1, 0.15) is 0 Å². The van der Waals surface area contributed by atoms with Gasteiger partial charge in [-0.15, -0.1) is 39.5 Å². The van der Waals surface area contributed by atoms with Gasteiger partial charge in [-0.05, 0) is 23.6 Å². The van der Waals surface area contributed by atoms with Crippen LogP contribution in [0, 0.1) is 12.1 Å². The Bertz CT molecular complexity index is 1870. The molecule has 0 amide bonds. The Labute approximate surface area is 226 Å². The number of fused-ring (bicyclic) bond motifs is 4. The number of aromatic nitrogens is 4. The summed E-state index contributed by atoms with van der Waals surface area (Å²) in [5.74, 6) is 3.46. The van der Waals surface area contributed by atoms with Crippen LogP contribution < -0.4 is 9.31 Å². The second-order valence-corrected chi connectivity index (χ2v) is 8.34. The largest absolute Gasteiger partial charge is 2.00 e. The van der Waals surface area contributed by atoms with Crippen LogP contribution in [0.4, 0.5) is 17.3 Å². The predicted octanol–water partition coefficient (Wildman–Crippen LogP) is 5.65. The summed E-state index contributed by atoms with van der Waals surface area (Å²) < 4.78 is 12.0. The number of pyridine rings is 1. The number of ether oxygens (including phenoxy) is 1. The van der Waals surface area contributed by atoms with Crippen molar-refractivity contribution in [2.24, 2.45) is 0 Å². The summed E-state index contributed by atoms with van der Waals surface area (Å²) in [6.07, 6.45) is 5.14. The van der Waals surface area contributed by atoms with E-state index in [1.54, 1.807) is 18.6 Å². The fourth-order valence-electron chi connectivity index (χ4n) is 4.56. The molecule has 0 aliphatic carbocycles. The first kappa shape index (κ1) is 23.0. The van der Waals surface area contributed by atoms with Crippen molar-refractivity contribution >= 4 is 45.1 Å². The summed E-state index contributed by atoms with van der Waals surface area (Å²) in [7, 11) is 1.89. The van der Waals surface area contributed by atoms with Crippen molar-refractivity contribution in [3.8, 4) is 17.3 Å². The normalized spacial score (nSPS) is 12.1. The van der Waals surface area contributed by atoms with E-state index in [1.807, 2.05) is 76.9 Å². The van der Waals surface area contributed by atoms with E-state index in [2.05, 4.69) is 49.8 Å². The smallest absolute Gasteiger partial charge is 0.509 e. The molecule has 0 saturated heterocycles. The maximum atomic E-state index is 6.23. The van der Waals surface area contributed by atoms with Crippen molar-refractivity contribution in [1.29, 1.82) is 0 Å². The van der Waals surface area contributed by atoms with Gasteiger partial charge in [0, 0.05) is 28.2 Å². The summed E-state index contributed by atoms with van der Waals surface area (Å²) in [6, 6.07) is 33.7. The van der Waals surface area contributed by atoms with Crippen LogP contribution in [-0.2, 0) is 21.1 Å². The third-order valence-corrected chi connectivity index (χ3v) is 6.11. The number of rotatable bonds is 4. The number of hydrogen-bond donors (Lipinski definition) is 0. The predicted molar refractivity (Wildman–Crippen MR) is 137 cm³/mol. The molecule has 3 aromatic heterocycles. The Morgan fingerprint density at radius 2 is 1.65 bits per heavy atom. The first-order chi connectivity index (χ1) is 17.8. The summed E-state index contributed by atoms with van der Waals surface area (Å²) in [4.78, 5) is 13.4. The molecule has 178 valence electrons. The van der Waals surface area contributed by atoms with Gasteiger partial charge in [-0.1, -0.05) is 41.2 Å². The van der Waals surface area contributed by atoms with Gasteiger partial charge >= 0.3 is 38.7 Å². The average Bonchev–Trinajstić information content (AvgIpc) is 3.44. The molecular weight excluding hydrogens is 643 g/mol.